The zero-order chi connectivity index (χ0) is 18.8. The average molecular weight is 361 g/mol. The van der Waals surface area contributed by atoms with Gasteiger partial charge in [-0.05, 0) is 40.0 Å². The average Bonchev–Trinajstić information content (AvgIpc) is 2.95. The van der Waals surface area contributed by atoms with Crippen LogP contribution in [0.15, 0.2) is 15.5 Å². The first-order valence-electron chi connectivity index (χ1n) is 8.89. The van der Waals surface area contributed by atoms with Gasteiger partial charge in [-0.15, -0.1) is 0 Å². The molecule has 2 aromatic rings. The van der Waals surface area contributed by atoms with Crippen LogP contribution in [0.25, 0.3) is 11.1 Å². The summed E-state index contributed by atoms with van der Waals surface area (Å²) < 4.78 is 11.7. The molecule has 1 aliphatic heterocycles. The molecule has 8 nitrogen and oxygen atoms in total. The summed E-state index contributed by atoms with van der Waals surface area (Å²) in [6.07, 6.45) is 4.33. The first-order chi connectivity index (χ1) is 12.4. The van der Waals surface area contributed by atoms with Crippen LogP contribution in [-0.4, -0.2) is 45.5 Å². The van der Waals surface area contributed by atoms with E-state index < -0.39 is 11.5 Å². The predicted molar refractivity (Wildman–Crippen MR) is 94.0 cm³/mol. The van der Waals surface area contributed by atoms with Gasteiger partial charge < -0.3 is 14.1 Å². The Morgan fingerprint density at radius 2 is 2.15 bits per heavy atom. The van der Waals surface area contributed by atoms with Crippen molar-refractivity contribution in [3.8, 4) is 0 Å². The Kier molecular flexibility index (Phi) is 5.11. The zero-order valence-corrected chi connectivity index (χ0v) is 15.3. The van der Waals surface area contributed by atoms with Crippen LogP contribution in [0, 0.1) is 6.92 Å². The molecule has 0 aliphatic carbocycles. The molecule has 2 aromatic heterocycles. The third-order valence-electron chi connectivity index (χ3n) is 4.76. The summed E-state index contributed by atoms with van der Waals surface area (Å²) in [4.78, 5) is 43.6. The Morgan fingerprint density at radius 1 is 1.38 bits per heavy atom. The molecule has 0 saturated carbocycles. The monoisotopic (exact) mass is 361 g/mol. The summed E-state index contributed by atoms with van der Waals surface area (Å²) in [5.74, 6) is -0.480. The van der Waals surface area contributed by atoms with E-state index >= 15 is 0 Å². The second-order valence-electron chi connectivity index (χ2n) is 6.54. The van der Waals surface area contributed by atoms with Crippen molar-refractivity contribution in [2.75, 3.05) is 13.2 Å². The number of hydrogen-bond donors (Lipinski definition) is 0. The molecule has 0 aromatic carbocycles. The minimum atomic E-state index is -0.628. The SMILES string of the molecule is CCOC(=O)c1c(C)oc2ncn(CC(=O)N3CCCC[C@H]3C)c(=O)c12. The lowest BCUT2D eigenvalue weighted by Crippen LogP contribution is -2.44. The minimum Gasteiger partial charge on any atom is -0.462 e. The number of ether oxygens (including phenoxy) is 1. The Labute approximate surface area is 150 Å². The van der Waals surface area contributed by atoms with Gasteiger partial charge in [-0.3, -0.25) is 14.2 Å². The van der Waals surface area contributed by atoms with Crippen LogP contribution in [0.2, 0.25) is 0 Å². The number of aryl methyl sites for hydroxylation is 1. The lowest BCUT2D eigenvalue weighted by molar-refractivity contribution is -0.135. The lowest BCUT2D eigenvalue weighted by Gasteiger charge is -2.33. The van der Waals surface area contributed by atoms with Crippen LogP contribution in [0.3, 0.4) is 0 Å². The quantitative estimate of drug-likeness (QED) is 0.772. The van der Waals surface area contributed by atoms with Crippen LogP contribution in [0.1, 0.15) is 49.2 Å². The number of fused-ring (bicyclic) bond motifs is 1. The molecular weight excluding hydrogens is 338 g/mol. The van der Waals surface area contributed by atoms with Crippen molar-refractivity contribution in [2.45, 2.75) is 52.6 Å². The molecule has 1 aliphatic rings. The summed E-state index contributed by atoms with van der Waals surface area (Å²) in [6.45, 7) is 6.05. The topological polar surface area (TPSA) is 94.6 Å². The molecule has 1 fully saturated rings. The maximum Gasteiger partial charge on any atom is 0.342 e. The molecule has 140 valence electrons. The summed E-state index contributed by atoms with van der Waals surface area (Å²) in [7, 11) is 0. The number of esters is 1. The van der Waals surface area contributed by atoms with Gasteiger partial charge in [0, 0.05) is 12.6 Å². The van der Waals surface area contributed by atoms with Crippen molar-refractivity contribution >= 4 is 23.0 Å². The maximum atomic E-state index is 12.9. The Morgan fingerprint density at radius 3 is 2.85 bits per heavy atom. The number of piperidine rings is 1. The molecule has 3 rings (SSSR count). The fourth-order valence-corrected chi connectivity index (χ4v) is 3.40. The highest BCUT2D eigenvalue weighted by molar-refractivity contribution is 6.03. The number of carbonyl (C=O) groups is 2. The highest BCUT2D eigenvalue weighted by atomic mass is 16.5. The maximum absolute atomic E-state index is 12.9. The van der Waals surface area contributed by atoms with Gasteiger partial charge in [0.25, 0.3) is 5.56 Å². The van der Waals surface area contributed by atoms with Gasteiger partial charge in [0.1, 0.15) is 29.6 Å². The molecule has 26 heavy (non-hydrogen) atoms. The fourth-order valence-electron chi connectivity index (χ4n) is 3.40. The van der Waals surface area contributed by atoms with Crippen molar-refractivity contribution < 1.29 is 18.7 Å². The lowest BCUT2D eigenvalue weighted by atomic mass is 10.0. The summed E-state index contributed by atoms with van der Waals surface area (Å²) in [5, 5.41) is 0.0583. The third-order valence-corrected chi connectivity index (χ3v) is 4.76. The molecule has 1 saturated heterocycles. The smallest absolute Gasteiger partial charge is 0.342 e. The van der Waals surface area contributed by atoms with Gasteiger partial charge in [0.2, 0.25) is 11.6 Å². The predicted octanol–water partition coefficient (Wildman–Crippen LogP) is 1.88. The molecule has 1 amide bonds. The van der Waals surface area contributed by atoms with Crippen molar-refractivity contribution in [1.82, 2.24) is 14.5 Å². The molecular formula is C18H23N3O5. The number of carbonyl (C=O) groups excluding carboxylic acids is 2. The highest BCUT2D eigenvalue weighted by Gasteiger charge is 2.26. The van der Waals surface area contributed by atoms with Crippen LogP contribution in [0.4, 0.5) is 0 Å². The van der Waals surface area contributed by atoms with Crippen LogP contribution in [0.5, 0.6) is 0 Å². The second kappa shape index (κ2) is 7.31. The Hall–Kier alpha value is -2.64. The van der Waals surface area contributed by atoms with Gasteiger partial charge in [-0.1, -0.05) is 0 Å². The molecule has 8 heteroatoms. The van der Waals surface area contributed by atoms with E-state index in [1.165, 1.54) is 10.9 Å². The van der Waals surface area contributed by atoms with Gasteiger partial charge in [0.05, 0.1) is 6.61 Å². The third kappa shape index (κ3) is 3.23. The Bertz CT molecular complexity index is 898. The standard InChI is InChI=1S/C18H23N3O5/c1-4-25-18(24)14-12(3)26-16-15(14)17(23)20(10-19-16)9-13(22)21-8-6-5-7-11(21)2/h10-11H,4-9H2,1-3H3/t11-/m1/s1. The highest BCUT2D eigenvalue weighted by Crippen LogP contribution is 2.22. The van der Waals surface area contributed by atoms with E-state index in [1.807, 2.05) is 6.92 Å². The molecule has 1 atom stereocenters. The molecule has 3 heterocycles. The summed E-state index contributed by atoms with van der Waals surface area (Å²) >= 11 is 0. The van der Waals surface area contributed by atoms with E-state index in [0.29, 0.717) is 6.54 Å². The number of hydrogen-bond acceptors (Lipinski definition) is 6. The number of amides is 1. The van der Waals surface area contributed by atoms with Gasteiger partial charge in [-0.2, -0.15) is 0 Å². The zero-order valence-electron chi connectivity index (χ0n) is 15.3. The minimum absolute atomic E-state index is 0.0583. The van der Waals surface area contributed by atoms with Crippen molar-refractivity contribution in [2.24, 2.45) is 0 Å². The van der Waals surface area contributed by atoms with E-state index in [0.717, 1.165) is 19.3 Å². The van der Waals surface area contributed by atoms with Crippen LogP contribution < -0.4 is 5.56 Å². The molecule has 0 unspecified atom stereocenters. The summed E-state index contributed by atoms with van der Waals surface area (Å²) in [5.41, 5.74) is -0.328. The molecule has 0 N–H and O–H groups in total. The van der Waals surface area contributed by atoms with Gasteiger partial charge in [-0.25, -0.2) is 9.78 Å². The largest absolute Gasteiger partial charge is 0.462 e. The van der Waals surface area contributed by atoms with Gasteiger partial charge >= 0.3 is 5.97 Å². The fraction of sp³-hybridized carbons (Fsp3) is 0.556. The van der Waals surface area contributed by atoms with Crippen molar-refractivity contribution in [3.63, 3.8) is 0 Å². The number of nitrogens with zero attached hydrogens (tertiary/aromatic N) is 3. The van der Waals surface area contributed by atoms with Crippen molar-refractivity contribution in [1.29, 1.82) is 0 Å². The van der Waals surface area contributed by atoms with E-state index in [1.54, 1.807) is 18.7 Å². The first kappa shape index (κ1) is 18.2. The van der Waals surface area contributed by atoms with E-state index in [4.69, 9.17) is 9.15 Å². The van der Waals surface area contributed by atoms with E-state index in [2.05, 4.69) is 4.98 Å². The molecule has 0 radical (unpaired) electrons. The number of likely N-dealkylation sites (tertiary alicyclic amines) is 1. The van der Waals surface area contributed by atoms with Crippen molar-refractivity contribution in [3.05, 3.63) is 28.0 Å². The number of rotatable bonds is 4. The Balaban J connectivity index is 1.96. The first-order valence-corrected chi connectivity index (χ1v) is 8.89. The number of aromatic nitrogens is 2. The normalized spacial score (nSPS) is 17.5. The number of furan rings is 1. The molecule has 0 bridgehead atoms. The second-order valence-corrected chi connectivity index (χ2v) is 6.54. The van der Waals surface area contributed by atoms with Crippen LogP contribution >= 0.6 is 0 Å². The summed E-state index contributed by atoms with van der Waals surface area (Å²) in [6, 6.07) is 0.162. The van der Waals surface area contributed by atoms with E-state index in [-0.39, 0.29) is 47.5 Å². The van der Waals surface area contributed by atoms with E-state index in [9.17, 15) is 14.4 Å². The van der Waals surface area contributed by atoms with Crippen LogP contribution in [-0.2, 0) is 16.1 Å². The van der Waals surface area contributed by atoms with Gasteiger partial charge in [0.15, 0.2) is 0 Å². The molecule has 0 spiro atoms.